The summed E-state index contributed by atoms with van der Waals surface area (Å²) in [7, 11) is -3.76. The van der Waals surface area contributed by atoms with Gasteiger partial charge in [0.2, 0.25) is 0 Å². The highest BCUT2D eigenvalue weighted by Gasteiger charge is 2.28. The average Bonchev–Trinajstić information content (AvgIpc) is 3.16. The van der Waals surface area contributed by atoms with Crippen molar-refractivity contribution in [2.45, 2.75) is 23.8 Å². The predicted molar refractivity (Wildman–Crippen MR) is 100 cm³/mol. The molecular formula is C19H17F2N3O3S. The minimum absolute atomic E-state index is 0.157. The van der Waals surface area contributed by atoms with Gasteiger partial charge in [0, 0.05) is 6.26 Å². The molecule has 0 bridgehead atoms. The molecule has 2 heterocycles. The van der Waals surface area contributed by atoms with Crippen LogP contribution in [0.15, 0.2) is 46.1 Å². The van der Waals surface area contributed by atoms with Crippen molar-refractivity contribution >= 4 is 20.7 Å². The largest absolute Gasteiger partial charge is 0.307 e. The molecule has 1 fully saturated rings. The maximum absolute atomic E-state index is 14.6. The lowest BCUT2D eigenvalue weighted by Crippen LogP contribution is -2.30. The maximum Gasteiger partial charge on any atom is 0.267 e. The van der Waals surface area contributed by atoms with Crippen LogP contribution in [0.5, 0.6) is 0 Å². The van der Waals surface area contributed by atoms with Crippen molar-refractivity contribution < 1.29 is 17.2 Å². The summed E-state index contributed by atoms with van der Waals surface area (Å²) in [6.07, 6.45) is 2.43. The van der Waals surface area contributed by atoms with E-state index in [0.29, 0.717) is 13.0 Å². The summed E-state index contributed by atoms with van der Waals surface area (Å²) in [6.45, 7) is 0.682. The van der Waals surface area contributed by atoms with Crippen LogP contribution in [0, 0.1) is 11.6 Å². The molecule has 146 valence electrons. The van der Waals surface area contributed by atoms with Gasteiger partial charge < -0.3 is 5.32 Å². The average molecular weight is 405 g/mol. The number of benzene rings is 2. The molecule has 1 saturated heterocycles. The molecule has 0 spiro atoms. The van der Waals surface area contributed by atoms with Gasteiger partial charge in [0.1, 0.15) is 23.1 Å². The highest BCUT2D eigenvalue weighted by Crippen LogP contribution is 2.28. The normalized spacial score (nSPS) is 17.3. The van der Waals surface area contributed by atoms with Crippen LogP contribution < -0.4 is 10.9 Å². The summed E-state index contributed by atoms with van der Waals surface area (Å²) in [5, 5.41) is 2.99. The van der Waals surface area contributed by atoms with Gasteiger partial charge in [-0.05, 0) is 43.7 Å². The van der Waals surface area contributed by atoms with E-state index in [1.807, 2.05) is 0 Å². The first-order valence-corrected chi connectivity index (χ1v) is 10.6. The van der Waals surface area contributed by atoms with Crippen molar-refractivity contribution in [3.05, 3.63) is 64.2 Å². The lowest BCUT2D eigenvalue weighted by atomic mass is 10.1. The van der Waals surface area contributed by atoms with E-state index >= 15 is 0 Å². The fraction of sp³-hybridized carbons (Fsp3) is 0.263. The fourth-order valence-electron chi connectivity index (χ4n) is 3.58. The lowest BCUT2D eigenvalue weighted by molar-refractivity contribution is 0.537. The minimum Gasteiger partial charge on any atom is -0.307 e. The highest BCUT2D eigenvalue weighted by atomic mass is 32.2. The topological polar surface area (TPSA) is 81.1 Å². The van der Waals surface area contributed by atoms with Crippen molar-refractivity contribution in [3.63, 3.8) is 0 Å². The Balaban J connectivity index is 2.19. The second-order valence-corrected chi connectivity index (χ2v) is 8.74. The van der Waals surface area contributed by atoms with E-state index in [9.17, 15) is 22.0 Å². The number of sulfone groups is 1. The van der Waals surface area contributed by atoms with Gasteiger partial charge in [-0.3, -0.25) is 9.36 Å². The summed E-state index contributed by atoms with van der Waals surface area (Å²) in [4.78, 5) is 17.6. The van der Waals surface area contributed by atoms with Crippen LogP contribution in [-0.4, -0.2) is 30.8 Å². The Morgan fingerprint density at radius 2 is 1.82 bits per heavy atom. The molecule has 1 N–H and O–H groups in total. The molecule has 0 amide bonds. The molecule has 1 unspecified atom stereocenters. The lowest BCUT2D eigenvalue weighted by Gasteiger charge is -2.19. The van der Waals surface area contributed by atoms with Gasteiger partial charge in [-0.2, -0.15) is 0 Å². The van der Waals surface area contributed by atoms with Crippen LogP contribution in [0.1, 0.15) is 24.7 Å². The number of hydrogen-bond acceptors (Lipinski definition) is 5. The van der Waals surface area contributed by atoms with Gasteiger partial charge in [-0.1, -0.05) is 12.1 Å². The van der Waals surface area contributed by atoms with Gasteiger partial charge in [-0.25, -0.2) is 22.2 Å². The van der Waals surface area contributed by atoms with Crippen LogP contribution in [-0.2, 0) is 9.84 Å². The zero-order valence-electron chi connectivity index (χ0n) is 14.9. The molecule has 1 aliphatic heterocycles. The molecule has 4 rings (SSSR count). The van der Waals surface area contributed by atoms with Crippen molar-refractivity contribution in [1.82, 2.24) is 14.9 Å². The molecule has 0 saturated carbocycles. The number of nitrogens with zero attached hydrogens (tertiary/aromatic N) is 2. The molecule has 6 nitrogen and oxygen atoms in total. The number of halogens is 2. The number of para-hydroxylation sites is 1. The van der Waals surface area contributed by atoms with E-state index in [4.69, 9.17) is 0 Å². The van der Waals surface area contributed by atoms with Crippen LogP contribution >= 0.6 is 0 Å². The standard InChI is InChI=1S/C19H17F2N3O3S/c1-28(26,27)15-9-3-7-13-16(15)19(25)24(17-11(20)5-2-6-12(17)21)18(23-13)14-8-4-10-22-14/h2-3,5-7,9,14,22H,4,8,10H2,1H3. The number of fused-ring (bicyclic) bond motifs is 1. The first kappa shape index (κ1) is 18.7. The van der Waals surface area contributed by atoms with E-state index in [1.165, 1.54) is 24.3 Å². The summed E-state index contributed by atoms with van der Waals surface area (Å²) in [5.41, 5.74) is -1.21. The van der Waals surface area contributed by atoms with Crippen molar-refractivity contribution in [2.75, 3.05) is 12.8 Å². The maximum atomic E-state index is 14.6. The van der Waals surface area contributed by atoms with Crippen molar-refractivity contribution in [1.29, 1.82) is 0 Å². The number of nitrogens with one attached hydrogen (secondary N) is 1. The third-order valence-corrected chi connectivity index (χ3v) is 5.96. The Morgan fingerprint density at radius 1 is 1.14 bits per heavy atom. The number of rotatable bonds is 3. The molecule has 9 heteroatoms. The number of hydrogen-bond donors (Lipinski definition) is 1. The molecule has 1 atom stereocenters. The van der Waals surface area contributed by atoms with E-state index in [0.717, 1.165) is 29.4 Å². The molecular weight excluding hydrogens is 388 g/mol. The Hall–Kier alpha value is -2.65. The van der Waals surface area contributed by atoms with Crippen LogP contribution in [0.2, 0.25) is 0 Å². The van der Waals surface area contributed by atoms with Gasteiger partial charge >= 0.3 is 0 Å². The van der Waals surface area contributed by atoms with Crippen LogP contribution in [0.25, 0.3) is 16.6 Å². The highest BCUT2D eigenvalue weighted by molar-refractivity contribution is 7.91. The molecule has 0 aliphatic carbocycles. The monoisotopic (exact) mass is 405 g/mol. The van der Waals surface area contributed by atoms with E-state index < -0.39 is 32.7 Å². The van der Waals surface area contributed by atoms with Crippen LogP contribution in [0.3, 0.4) is 0 Å². The SMILES string of the molecule is CS(=O)(=O)c1cccc2nc(C3CCCN3)n(-c3c(F)cccc3F)c(=O)c12. The van der Waals surface area contributed by atoms with Gasteiger partial charge in [0.15, 0.2) is 9.84 Å². The molecule has 0 radical (unpaired) electrons. The zero-order chi connectivity index (χ0) is 20.1. The predicted octanol–water partition coefficient (Wildman–Crippen LogP) is 2.49. The molecule has 3 aromatic rings. The summed E-state index contributed by atoms with van der Waals surface area (Å²) < 4.78 is 54.3. The molecule has 28 heavy (non-hydrogen) atoms. The second kappa shape index (κ2) is 6.75. The van der Waals surface area contributed by atoms with Crippen molar-refractivity contribution in [2.24, 2.45) is 0 Å². The first-order valence-electron chi connectivity index (χ1n) is 8.72. The Kier molecular flexibility index (Phi) is 4.51. The quantitative estimate of drug-likeness (QED) is 0.724. The number of aromatic nitrogens is 2. The van der Waals surface area contributed by atoms with E-state index in [2.05, 4.69) is 10.3 Å². The third-order valence-electron chi connectivity index (χ3n) is 4.82. The Morgan fingerprint density at radius 3 is 2.43 bits per heavy atom. The first-order chi connectivity index (χ1) is 13.3. The summed E-state index contributed by atoms with van der Waals surface area (Å²) in [6, 6.07) is 7.21. The Labute approximate surface area is 159 Å². The minimum atomic E-state index is -3.76. The zero-order valence-corrected chi connectivity index (χ0v) is 15.8. The molecule has 1 aliphatic rings. The summed E-state index contributed by atoms with van der Waals surface area (Å²) >= 11 is 0. The molecule has 1 aromatic heterocycles. The molecule has 2 aromatic carbocycles. The van der Waals surface area contributed by atoms with Crippen molar-refractivity contribution in [3.8, 4) is 5.69 Å². The summed E-state index contributed by atoms with van der Waals surface area (Å²) in [5.74, 6) is -1.71. The van der Waals surface area contributed by atoms with E-state index in [-0.39, 0.29) is 27.7 Å². The van der Waals surface area contributed by atoms with E-state index in [1.54, 1.807) is 0 Å². The Bertz CT molecular complexity index is 1230. The fourth-order valence-corrected chi connectivity index (χ4v) is 4.47. The smallest absolute Gasteiger partial charge is 0.267 e. The van der Waals surface area contributed by atoms with Crippen LogP contribution in [0.4, 0.5) is 8.78 Å². The second-order valence-electron chi connectivity index (χ2n) is 6.75. The third kappa shape index (κ3) is 3.00. The van der Waals surface area contributed by atoms with Gasteiger partial charge in [0.05, 0.1) is 21.8 Å². The van der Waals surface area contributed by atoms with Gasteiger partial charge in [0.25, 0.3) is 5.56 Å². The van der Waals surface area contributed by atoms with Gasteiger partial charge in [-0.15, -0.1) is 0 Å².